The topological polar surface area (TPSA) is 32.8 Å². The number of aliphatic hydroxyl groups is 1. The van der Waals surface area contributed by atoms with Crippen LogP contribution in [0.15, 0.2) is 0 Å². The number of aliphatic hydroxyl groups excluding tert-OH is 1. The van der Waals surface area contributed by atoms with Crippen molar-refractivity contribution in [3.8, 4) is 0 Å². The normalized spacial score (nSPS) is 62.5. The van der Waals surface area contributed by atoms with Crippen LogP contribution in [0.3, 0.4) is 0 Å². The van der Waals surface area contributed by atoms with E-state index in [1.165, 1.54) is 44.9 Å². The fourth-order valence-electron chi connectivity index (χ4n) is 8.55. The maximum atomic E-state index is 10.2. The molecule has 4 aliphatic carbocycles. The molecule has 2 nitrogen and oxygen atoms in total. The standard InChI is InChI=1S/C22H36O2/c1-20-10-8-15(23)12-14(20)4-5-16-17-6-7-19(22(3)13-24-22)21(17,2)11-9-18(16)20/h14-19,23H,4-13H2,1-3H3/t14-,15+,16-,17-,18-,19-,20-,21-,22?/m0/s1. The number of fused-ring (bicyclic) bond motifs is 5. The summed E-state index contributed by atoms with van der Waals surface area (Å²) in [5.74, 6) is 4.40. The van der Waals surface area contributed by atoms with Crippen molar-refractivity contribution in [2.45, 2.75) is 90.3 Å². The quantitative estimate of drug-likeness (QED) is 0.700. The Balaban J connectivity index is 1.43. The van der Waals surface area contributed by atoms with Crippen molar-refractivity contribution in [1.82, 2.24) is 0 Å². The molecule has 9 atom stereocenters. The monoisotopic (exact) mass is 332 g/mol. The average molecular weight is 333 g/mol. The fraction of sp³-hybridized carbons (Fsp3) is 1.00. The Hall–Kier alpha value is -0.0800. The molecular weight excluding hydrogens is 296 g/mol. The van der Waals surface area contributed by atoms with E-state index in [0.29, 0.717) is 10.8 Å². The van der Waals surface area contributed by atoms with E-state index >= 15 is 0 Å². The van der Waals surface area contributed by atoms with Gasteiger partial charge < -0.3 is 9.84 Å². The van der Waals surface area contributed by atoms with Crippen molar-refractivity contribution in [2.24, 2.45) is 40.4 Å². The van der Waals surface area contributed by atoms with Gasteiger partial charge in [-0.15, -0.1) is 0 Å². The van der Waals surface area contributed by atoms with E-state index in [2.05, 4.69) is 20.8 Å². The Morgan fingerprint density at radius 3 is 2.29 bits per heavy atom. The smallest absolute Gasteiger partial charge is 0.0921 e. The van der Waals surface area contributed by atoms with Gasteiger partial charge in [-0.05, 0) is 105 Å². The molecule has 0 radical (unpaired) electrons. The van der Waals surface area contributed by atoms with E-state index < -0.39 is 0 Å². The highest BCUT2D eigenvalue weighted by Crippen LogP contribution is 2.69. The molecule has 0 aromatic carbocycles. The van der Waals surface area contributed by atoms with E-state index in [1.54, 1.807) is 0 Å². The summed E-state index contributed by atoms with van der Waals surface area (Å²) >= 11 is 0. The summed E-state index contributed by atoms with van der Waals surface area (Å²) in [7, 11) is 0. The summed E-state index contributed by atoms with van der Waals surface area (Å²) in [6.45, 7) is 8.60. The van der Waals surface area contributed by atoms with Gasteiger partial charge >= 0.3 is 0 Å². The second kappa shape index (κ2) is 5.00. The zero-order chi connectivity index (χ0) is 16.7. The van der Waals surface area contributed by atoms with Gasteiger partial charge in [-0.2, -0.15) is 0 Å². The minimum atomic E-state index is -0.0173. The number of rotatable bonds is 1. The highest BCUT2D eigenvalue weighted by molar-refractivity contribution is 5.13. The van der Waals surface area contributed by atoms with Crippen LogP contribution in [-0.2, 0) is 4.74 Å². The number of ether oxygens (including phenoxy) is 1. The van der Waals surface area contributed by atoms with E-state index in [0.717, 1.165) is 49.0 Å². The minimum Gasteiger partial charge on any atom is -0.393 e. The van der Waals surface area contributed by atoms with E-state index in [4.69, 9.17) is 4.74 Å². The molecule has 2 heteroatoms. The van der Waals surface area contributed by atoms with Gasteiger partial charge in [0, 0.05) is 0 Å². The summed E-state index contributed by atoms with van der Waals surface area (Å²) in [6, 6.07) is 0. The van der Waals surface area contributed by atoms with Gasteiger partial charge in [-0.25, -0.2) is 0 Å². The molecule has 5 rings (SSSR count). The first-order valence-corrected chi connectivity index (χ1v) is 10.7. The van der Waals surface area contributed by atoms with Crippen LogP contribution in [0.4, 0.5) is 0 Å². The molecule has 1 N–H and O–H groups in total. The fourth-order valence-corrected chi connectivity index (χ4v) is 8.55. The Morgan fingerprint density at radius 1 is 0.833 bits per heavy atom. The first-order valence-electron chi connectivity index (χ1n) is 10.7. The van der Waals surface area contributed by atoms with E-state index in [1.807, 2.05) is 0 Å². The lowest BCUT2D eigenvalue weighted by Gasteiger charge is -2.61. The third-order valence-corrected chi connectivity index (χ3v) is 9.97. The molecule has 24 heavy (non-hydrogen) atoms. The Morgan fingerprint density at radius 2 is 1.54 bits per heavy atom. The molecule has 1 heterocycles. The number of hydrogen-bond acceptors (Lipinski definition) is 2. The molecule has 0 amide bonds. The lowest BCUT2D eigenvalue weighted by Crippen LogP contribution is -2.54. The van der Waals surface area contributed by atoms with Gasteiger partial charge in [0.25, 0.3) is 0 Å². The molecule has 136 valence electrons. The molecule has 1 unspecified atom stereocenters. The van der Waals surface area contributed by atoms with Crippen molar-refractivity contribution >= 4 is 0 Å². The van der Waals surface area contributed by atoms with Crippen LogP contribution in [0.1, 0.15) is 78.6 Å². The van der Waals surface area contributed by atoms with Gasteiger partial charge in [0.05, 0.1) is 18.3 Å². The Kier molecular flexibility index (Phi) is 3.36. The van der Waals surface area contributed by atoms with E-state index in [9.17, 15) is 5.11 Å². The highest BCUT2D eigenvalue weighted by atomic mass is 16.6. The average Bonchev–Trinajstić information content (AvgIpc) is 3.17. The predicted octanol–water partition coefficient (Wildman–Crippen LogP) is 4.80. The van der Waals surface area contributed by atoms with Gasteiger partial charge in [0.2, 0.25) is 0 Å². The minimum absolute atomic E-state index is 0.0173. The first kappa shape index (κ1) is 16.1. The van der Waals surface area contributed by atoms with Crippen LogP contribution in [0.25, 0.3) is 0 Å². The molecule has 5 fully saturated rings. The Bertz CT molecular complexity index is 526. The predicted molar refractivity (Wildman–Crippen MR) is 95.6 cm³/mol. The van der Waals surface area contributed by atoms with Crippen LogP contribution in [0.5, 0.6) is 0 Å². The second-order valence-corrected chi connectivity index (χ2v) is 10.9. The molecule has 0 spiro atoms. The largest absolute Gasteiger partial charge is 0.393 e. The van der Waals surface area contributed by atoms with Crippen LogP contribution in [-0.4, -0.2) is 23.4 Å². The van der Waals surface area contributed by atoms with Gasteiger partial charge in [0.15, 0.2) is 0 Å². The molecule has 0 aromatic rings. The maximum absolute atomic E-state index is 10.2. The van der Waals surface area contributed by atoms with Crippen molar-refractivity contribution < 1.29 is 9.84 Å². The molecule has 1 aliphatic heterocycles. The second-order valence-electron chi connectivity index (χ2n) is 10.9. The molecule has 4 saturated carbocycles. The zero-order valence-electron chi connectivity index (χ0n) is 15.9. The molecule has 5 aliphatic rings. The Labute approximate surface area is 147 Å². The number of epoxide rings is 1. The highest BCUT2D eigenvalue weighted by Gasteiger charge is 2.65. The van der Waals surface area contributed by atoms with E-state index in [-0.39, 0.29) is 11.7 Å². The van der Waals surface area contributed by atoms with Crippen LogP contribution in [0.2, 0.25) is 0 Å². The van der Waals surface area contributed by atoms with Crippen LogP contribution < -0.4 is 0 Å². The van der Waals surface area contributed by atoms with Gasteiger partial charge in [-0.3, -0.25) is 0 Å². The SMILES string of the molecule is CC1([C@H]2CC[C@H]3[C@@H]4CC[C@H]5C[C@H](O)CC[C@]5(C)[C@H]4CC[C@]23C)CO1. The van der Waals surface area contributed by atoms with Crippen LogP contribution in [0, 0.1) is 40.4 Å². The molecule has 0 bridgehead atoms. The molecular formula is C22H36O2. The summed E-state index contributed by atoms with van der Waals surface area (Å²) in [5.41, 5.74) is 1.26. The van der Waals surface area contributed by atoms with Crippen molar-refractivity contribution in [3.63, 3.8) is 0 Å². The number of hydrogen-bond donors (Lipinski definition) is 1. The first-order chi connectivity index (χ1) is 11.4. The lowest BCUT2D eigenvalue weighted by atomic mass is 9.44. The van der Waals surface area contributed by atoms with Crippen molar-refractivity contribution in [3.05, 3.63) is 0 Å². The van der Waals surface area contributed by atoms with Crippen molar-refractivity contribution in [2.75, 3.05) is 6.61 Å². The summed E-state index contributed by atoms with van der Waals surface area (Å²) < 4.78 is 5.92. The third kappa shape index (κ3) is 2.02. The van der Waals surface area contributed by atoms with Crippen molar-refractivity contribution in [1.29, 1.82) is 0 Å². The maximum Gasteiger partial charge on any atom is 0.0921 e. The van der Waals surface area contributed by atoms with Crippen LogP contribution >= 0.6 is 0 Å². The molecule has 1 saturated heterocycles. The summed E-state index contributed by atoms with van der Waals surface area (Å²) in [4.78, 5) is 0. The lowest BCUT2D eigenvalue weighted by molar-refractivity contribution is -0.129. The van der Waals surface area contributed by atoms with Gasteiger partial charge in [-0.1, -0.05) is 13.8 Å². The summed E-state index contributed by atoms with van der Waals surface area (Å²) in [6.07, 6.45) is 11.9. The zero-order valence-corrected chi connectivity index (χ0v) is 15.9. The summed E-state index contributed by atoms with van der Waals surface area (Å²) in [5, 5.41) is 10.2. The van der Waals surface area contributed by atoms with Gasteiger partial charge in [0.1, 0.15) is 0 Å². The molecule has 0 aromatic heterocycles. The third-order valence-electron chi connectivity index (χ3n) is 9.97.